The van der Waals surface area contributed by atoms with E-state index >= 15 is 0 Å². The summed E-state index contributed by atoms with van der Waals surface area (Å²) in [6.07, 6.45) is -2.75. The maximum atomic E-state index is 12.5. The average Bonchev–Trinajstić information content (AvgIpc) is 3.06. The summed E-state index contributed by atoms with van der Waals surface area (Å²) in [6, 6.07) is 9.68. The lowest BCUT2D eigenvalue weighted by atomic mass is 10.1. The van der Waals surface area contributed by atoms with E-state index in [2.05, 4.69) is 10.6 Å². The van der Waals surface area contributed by atoms with Gasteiger partial charge in [0.1, 0.15) is 5.58 Å². The molecule has 0 aliphatic heterocycles. The molecule has 5 nitrogen and oxygen atoms in total. The normalized spacial score (nSPS) is 11.4. The third-order valence-electron chi connectivity index (χ3n) is 4.37. The number of carbonyl (C=O) groups excluding carboxylic acids is 2. The Morgan fingerprint density at radius 3 is 2.38 bits per heavy atom. The van der Waals surface area contributed by atoms with Gasteiger partial charge in [-0.2, -0.15) is 13.2 Å². The Kier molecular flexibility index (Phi) is 5.91. The lowest BCUT2D eigenvalue weighted by Gasteiger charge is -2.09. The van der Waals surface area contributed by atoms with E-state index in [4.69, 9.17) is 4.42 Å². The van der Waals surface area contributed by atoms with Gasteiger partial charge >= 0.3 is 6.18 Å². The van der Waals surface area contributed by atoms with Crippen LogP contribution in [0.3, 0.4) is 0 Å². The summed E-state index contributed by atoms with van der Waals surface area (Å²) in [5, 5.41) is 6.12. The number of fused-ring (bicyclic) bond motifs is 1. The number of alkyl halides is 3. The zero-order chi connectivity index (χ0) is 21.0. The van der Waals surface area contributed by atoms with E-state index in [-0.39, 0.29) is 31.0 Å². The second kappa shape index (κ2) is 8.38. The molecule has 0 atom stereocenters. The van der Waals surface area contributed by atoms with Crippen molar-refractivity contribution in [3.8, 4) is 0 Å². The van der Waals surface area contributed by atoms with Gasteiger partial charge in [-0.15, -0.1) is 0 Å². The van der Waals surface area contributed by atoms with Crippen LogP contribution in [0.5, 0.6) is 0 Å². The Balaban J connectivity index is 1.45. The Morgan fingerprint density at radius 1 is 1.00 bits per heavy atom. The summed E-state index contributed by atoms with van der Waals surface area (Å²) in [4.78, 5) is 24.1. The number of amides is 2. The van der Waals surface area contributed by atoms with Crippen LogP contribution in [-0.4, -0.2) is 24.9 Å². The van der Waals surface area contributed by atoms with Crippen molar-refractivity contribution in [1.82, 2.24) is 10.6 Å². The van der Waals surface area contributed by atoms with E-state index in [0.717, 1.165) is 46.4 Å². The molecule has 8 heteroatoms. The van der Waals surface area contributed by atoms with Crippen LogP contribution in [0, 0.1) is 6.92 Å². The van der Waals surface area contributed by atoms with Gasteiger partial charge in [-0.3, -0.25) is 9.59 Å². The van der Waals surface area contributed by atoms with Crippen molar-refractivity contribution in [3.63, 3.8) is 0 Å². The van der Waals surface area contributed by atoms with Crippen LogP contribution in [0.4, 0.5) is 13.2 Å². The van der Waals surface area contributed by atoms with Crippen LogP contribution >= 0.6 is 0 Å². The first kappa shape index (κ1) is 20.4. The van der Waals surface area contributed by atoms with Crippen LogP contribution in [0.15, 0.2) is 53.1 Å². The lowest BCUT2D eigenvalue weighted by Crippen LogP contribution is -2.35. The summed E-state index contributed by atoms with van der Waals surface area (Å²) in [5.41, 5.74) is 1.85. The molecule has 1 heterocycles. The Hall–Kier alpha value is -3.29. The van der Waals surface area contributed by atoms with Crippen LogP contribution in [-0.2, 0) is 17.4 Å². The molecule has 2 aromatic carbocycles. The molecule has 2 amide bonds. The Bertz CT molecular complexity index is 1020. The van der Waals surface area contributed by atoms with Crippen LogP contribution in [0.1, 0.15) is 27.0 Å². The first-order valence-electron chi connectivity index (χ1n) is 8.93. The summed E-state index contributed by atoms with van der Waals surface area (Å²) < 4.78 is 43.1. The van der Waals surface area contributed by atoms with Gasteiger partial charge in [0.15, 0.2) is 0 Å². The molecule has 0 aliphatic rings. The highest BCUT2D eigenvalue weighted by molar-refractivity contribution is 5.94. The molecule has 0 unspecified atom stereocenters. The number of nitrogens with one attached hydrogen (secondary N) is 2. The molecule has 0 spiro atoms. The summed E-state index contributed by atoms with van der Waals surface area (Å²) in [6.45, 7) is 2.30. The quantitative estimate of drug-likeness (QED) is 0.613. The highest BCUT2D eigenvalue weighted by atomic mass is 19.4. The van der Waals surface area contributed by atoms with Gasteiger partial charge in [-0.25, -0.2) is 0 Å². The maximum Gasteiger partial charge on any atom is 0.416 e. The minimum Gasteiger partial charge on any atom is -0.464 e. The predicted octanol–water partition coefficient (Wildman–Crippen LogP) is 3.85. The zero-order valence-electron chi connectivity index (χ0n) is 15.6. The standard InChI is InChI=1S/C21H19F3N2O3/c1-13-2-7-17-15(12-29-18(17)10-13)11-19(27)25-8-9-26-20(28)14-3-5-16(6-4-14)21(22,23)24/h2-7,10,12H,8-9,11H2,1H3,(H,25,27)(H,26,28). The van der Waals surface area contributed by atoms with Gasteiger partial charge < -0.3 is 15.1 Å². The van der Waals surface area contributed by atoms with Crippen LogP contribution in [0.2, 0.25) is 0 Å². The summed E-state index contributed by atoms with van der Waals surface area (Å²) in [7, 11) is 0. The molecule has 2 N–H and O–H groups in total. The lowest BCUT2D eigenvalue weighted by molar-refractivity contribution is -0.137. The minimum atomic E-state index is -4.45. The SMILES string of the molecule is Cc1ccc2c(CC(=O)NCCNC(=O)c3ccc(C(F)(F)F)cc3)coc2c1. The Morgan fingerprint density at radius 2 is 1.69 bits per heavy atom. The summed E-state index contributed by atoms with van der Waals surface area (Å²) in [5.74, 6) is -0.735. The van der Waals surface area contributed by atoms with Crippen molar-refractivity contribution < 1.29 is 27.2 Å². The fourth-order valence-corrected chi connectivity index (χ4v) is 2.85. The average molecular weight is 404 g/mol. The van der Waals surface area contributed by atoms with Gasteiger partial charge in [0, 0.05) is 29.6 Å². The van der Waals surface area contributed by atoms with E-state index in [0.29, 0.717) is 0 Å². The third-order valence-corrected chi connectivity index (χ3v) is 4.37. The Labute approximate surface area is 164 Å². The number of hydrogen-bond donors (Lipinski definition) is 2. The van der Waals surface area contributed by atoms with Crippen molar-refractivity contribution in [3.05, 3.63) is 71.0 Å². The molecular weight excluding hydrogens is 385 g/mol. The molecule has 29 heavy (non-hydrogen) atoms. The van der Waals surface area contributed by atoms with Gasteiger partial charge in [-0.1, -0.05) is 12.1 Å². The van der Waals surface area contributed by atoms with Crippen LogP contribution in [0.25, 0.3) is 11.0 Å². The molecule has 0 radical (unpaired) electrons. The first-order chi connectivity index (χ1) is 13.7. The maximum absolute atomic E-state index is 12.5. The largest absolute Gasteiger partial charge is 0.464 e. The van der Waals surface area contributed by atoms with E-state index in [9.17, 15) is 22.8 Å². The van der Waals surface area contributed by atoms with Gasteiger partial charge in [0.05, 0.1) is 18.2 Å². The number of benzene rings is 2. The molecule has 3 aromatic rings. The second-order valence-electron chi connectivity index (χ2n) is 6.62. The smallest absolute Gasteiger partial charge is 0.416 e. The molecule has 152 valence electrons. The number of furan rings is 1. The molecule has 0 fully saturated rings. The van der Waals surface area contributed by atoms with E-state index in [1.165, 1.54) is 0 Å². The minimum absolute atomic E-state index is 0.115. The number of aryl methyl sites for hydroxylation is 1. The number of carbonyl (C=O) groups is 2. The molecule has 0 saturated heterocycles. The van der Waals surface area contributed by atoms with Gasteiger partial charge in [0.2, 0.25) is 5.91 Å². The fourth-order valence-electron chi connectivity index (χ4n) is 2.85. The third kappa shape index (κ3) is 5.16. The monoisotopic (exact) mass is 404 g/mol. The van der Waals surface area contributed by atoms with Crippen molar-refractivity contribution in [2.75, 3.05) is 13.1 Å². The van der Waals surface area contributed by atoms with Crippen molar-refractivity contribution >= 4 is 22.8 Å². The van der Waals surface area contributed by atoms with E-state index in [1.807, 2.05) is 25.1 Å². The van der Waals surface area contributed by atoms with Crippen molar-refractivity contribution in [2.45, 2.75) is 19.5 Å². The number of rotatable bonds is 6. The molecule has 1 aromatic heterocycles. The van der Waals surface area contributed by atoms with Crippen molar-refractivity contribution in [2.24, 2.45) is 0 Å². The fraction of sp³-hybridized carbons (Fsp3) is 0.238. The zero-order valence-corrected chi connectivity index (χ0v) is 15.6. The molecule has 0 saturated carbocycles. The number of halogens is 3. The van der Waals surface area contributed by atoms with Crippen LogP contribution < -0.4 is 10.6 Å². The molecule has 0 bridgehead atoms. The predicted molar refractivity (Wildman–Crippen MR) is 101 cm³/mol. The topological polar surface area (TPSA) is 71.3 Å². The van der Waals surface area contributed by atoms with Gasteiger partial charge in [0.25, 0.3) is 5.91 Å². The first-order valence-corrected chi connectivity index (χ1v) is 8.93. The molecule has 3 rings (SSSR count). The molecule has 0 aliphatic carbocycles. The summed E-state index contributed by atoms with van der Waals surface area (Å²) >= 11 is 0. The second-order valence-corrected chi connectivity index (χ2v) is 6.62. The highest BCUT2D eigenvalue weighted by Gasteiger charge is 2.30. The number of hydrogen-bond acceptors (Lipinski definition) is 3. The van der Waals surface area contributed by atoms with E-state index < -0.39 is 17.6 Å². The van der Waals surface area contributed by atoms with Crippen molar-refractivity contribution in [1.29, 1.82) is 0 Å². The van der Waals surface area contributed by atoms with Gasteiger partial charge in [-0.05, 0) is 42.8 Å². The highest BCUT2D eigenvalue weighted by Crippen LogP contribution is 2.29. The molecular formula is C21H19F3N2O3. The van der Waals surface area contributed by atoms with E-state index in [1.54, 1.807) is 6.26 Å².